The highest BCUT2D eigenvalue weighted by Crippen LogP contribution is 2.13. The number of amides is 1. The molecule has 106 valence electrons. The van der Waals surface area contributed by atoms with Crippen LogP contribution in [0, 0.1) is 0 Å². The van der Waals surface area contributed by atoms with Crippen LogP contribution in [0.1, 0.15) is 18.4 Å². The zero-order valence-electron chi connectivity index (χ0n) is 11.7. The van der Waals surface area contributed by atoms with E-state index in [9.17, 15) is 4.79 Å². The maximum absolute atomic E-state index is 11.7. The van der Waals surface area contributed by atoms with Crippen LogP contribution in [-0.2, 0) is 11.3 Å². The van der Waals surface area contributed by atoms with E-state index in [1.165, 1.54) is 0 Å². The first-order valence-corrected chi connectivity index (χ1v) is 6.80. The monoisotopic (exact) mass is 272 g/mol. The third kappa shape index (κ3) is 3.93. The number of hydrogen-bond acceptors (Lipinski definition) is 3. The lowest BCUT2D eigenvalue weighted by Gasteiger charge is -2.10. The number of nitrogens with zero attached hydrogens (tertiary/aromatic N) is 2. The molecule has 2 aromatic rings. The molecule has 2 N–H and O–H groups in total. The normalized spacial score (nSPS) is 10.4. The third-order valence-electron chi connectivity index (χ3n) is 3.05. The van der Waals surface area contributed by atoms with Gasteiger partial charge in [-0.15, -0.1) is 0 Å². The van der Waals surface area contributed by atoms with Crippen LogP contribution in [0.4, 0.5) is 0 Å². The summed E-state index contributed by atoms with van der Waals surface area (Å²) in [5, 5.41) is 10.2. The van der Waals surface area contributed by atoms with Crippen molar-refractivity contribution >= 4 is 5.91 Å². The van der Waals surface area contributed by atoms with E-state index in [4.69, 9.17) is 0 Å². The van der Waals surface area contributed by atoms with Crippen molar-refractivity contribution in [3.05, 3.63) is 48.3 Å². The molecule has 0 aliphatic carbocycles. The van der Waals surface area contributed by atoms with E-state index in [2.05, 4.69) is 15.7 Å². The molecule has 1 amide bonds. The van der Waals surface area contributed by atoms with E-state index in [-0.39, 0.29) is 5.91 Å². The average Bonchev–Trinajstić information content (AvgIpc) is 3.00. The largest absolute Gasteiger partial charge is 0.352 e. The number of hydrogen-bond donors (Lipinski definition) is 2. The molecule has 0 atom stereocenters. The first-order valence-electron chi connectivity index (χ1n) is 6.80. The first-order chi connectivity index (χ1) is 9.81. The summed E-state index contributed by atoms with van der Waals surface area (Å²) in [6.45, 7) is 1.38. The number of carbonyl (C=O) groups is 1. The Hall–Kier alpha value is -2.14. The van der Waals surface area contributed by atoms with Gasteiger partial charge in [-0.25, -0.2) is 4.68 Å². The third-order valence-corrected chi connectivity index (χ3v) is 3.05. The molecule has 20 heavy (non-hydrogen) atoms. The van der Waals surface area contributed by atoms with Crippen LogP contribution in [-0.4, -0.2) is 29.3 Å². The van der Waals surface area contributed by atoms with Crippen molar-refractivity contribution in [2.45, 2.75) is 19.4 Å². The lowest BCUT2D eigenvalue weighted by atomic mass is 10.1. The van der Waals surface area contributed by atoms with Crippen molar-refractivity contribution < 1.29 is 4.79 Å². The summed E-state index contributed by atoms with van der Waals surface area (Å²) in [5.41, 5.74) is 2.05. The van der Waals surface area contributed by atoms with Crippen molar-refractivity contribution in [1.82, 2.24) is 20.4 Å². The average molecular weight is 272 g/mol. The van der Waals surface area contributed by atoms with Gasteiger partial charge in [0.2, 0.25) is 5.91 Å². The highest BCUT2D eigenvalue weighted by molar-refractivity contribution is 5.75. The number of nitrogens with one attached hydrogen (secondary N) is 2. The molecule has 1 aromatic heterocycles. The fourth-order valence-corrected chi connectivity index (χ4v) is 2.00. The maximum atomic E-state index is 11.7. The van der Waals surface area contributed by atoms with E-state index in [1.54, 1.807) is 6.20 Å². The highest BCUT2D eigenvalue weighted by atomic mass is 16.1. The van der Waals surface area contributed by atoms with Crippen molar-refractivity contribution in [1.29, 1.82) is 0 Å². The summed E-state index contributed by atoms with van der Waals surface area (Å²) < 4.78 is 1.81. The minimum Gasteiger partial charge on any atom is -0.352 e. The lowest BCUT2D eigenvalue weighted by molar-refractivity contribution is -0.121. The Bertz CT molecular complexity index is 537. The Morgan fingerprint density at radius 3 is 2.90 bits per heavy atom. The van der Waals surface area contributed by atoms with Gasteiger partial charge in [-0.05, 0) is 37.7 Å². The Balaban J connectivity index is 1.95. The van der Waals surface area contributed by atoms with Gasteiger partial charge in [-0.2, -0.15) is 5.10 Å². The zero-order chi connectivity index (χ0) is 14.2. The van der Waals surface area contributed by atoms with Crippen LogP contribution in [0.15, 0.2) is 42.7 Å². The van der Waals surface area contributed by atoms with Gasteiger partial charge in [0.1, 0.15) is 0 Å². The van der Waals surface area contributed by atoms with Gasteiger partial charge in [0.05, 0.1) is 5.69 Å². The van der Waals surface area contributed by atoms with Gasteiger partial charge >= 0.3 is 0 Å². The summed E-state index contributed by atoms with van der Waals surface area (Å²) in [6, 6.07) is 9.82. The van der Waals surface area contributed by atoms with E-state index in [0.717, 1.165) is 24.2 Å². The fourth-order valence-electron chi connectivity index (χ4n) is 2.00. The first kappa shape index (κ1) is 14.3. The molecule has 0 saturated heterocycles. The van der Waals surface area contributed by atoms with Crippen LogP contribution in [0.3, 0.4) is 0 Å². The number of carbonyl (C=O) groups excluding carboxylic acids is 1. The quantitative estimate of drug-likeness (QED) is 0.751. The van der Waals surface area contributed by atoms with Gasteiger partial charge in [-0.1, -0.05) is 18.2 Å². The Morgan fingerprint density at radius 2 is 2.15 bits per heavy atom. The molecule has 0 saturated carbocycles. The van der Waals surface area contributed by atoms with Crippen molar-refractivity contribution in [3.8, 4) is 5.69 Å². The molecular formula is C15H20N4O. The van der Waals surface area contributed by atoms with E-state index in [1.807, 2.05) is 48.3 Å². The molecule has 0 spiro atoms. The molecule has 1 aromatic carbocycles. The molecule has 1 heterocycles. The Labute approximate surface area is 119 Å². The SMILES string of the molecule is CNCCCC(=O)NCc1ccccc1-n1cccn1. The Kier molecular flexibility index (Phi) is 5.32. The molecule has 0 fully saturated rings. The van der Waals surface area contributed by atoms with Crippen LogP contribution in [0.25, 0.3) is 5.69 Å². The lowest BCUT2D eigenvalue weighted by Crippen LogP contribution is -2.24. The highest BCUT2D eigenvalue weighted by Gasteiger charge is 2.06. The van der Waals surface area contributed by atoms with E-state index < -0.39 is 0 Å². The summed E-state index contributed by atoms with van der Waals surface area (Å²) in [7, 11) is 1.89. The Morgan fingerprint density at radius 1 is 1.30 bits per heavy atom. The van der Waals surface area contributed by atoms with Crippen LogP contribution in [0.2, 0.25) is 0 Å². The number of rotatable bonds is 7. The van der Waals surface area contributed by atoms with Crippen molar-refractivity contribution in [2.24, 2.45) is 0 Å². The summed E-state index contributed by atoms with van der Waals surface area (Å²) >= 11 is 0. The van der Waals surface area contributed by atoms with Gasteiger partial charge in [-0.3, -0.25) is 4.79 Å². The number of aromatic nitrogens is 2. The zero-order valence-corrected chi connectivity index (χ0v) is 11.7. The van der Waals surface area contributed by atoms with Gasteiger partial charge in [0, 0.05) is 25.4 Å². The van der Waals surface area contributed by atoms with Crippen LogP contribution >= 0.6 is 0 Å². The smallest absolute Gasteiger partial charge is 0.220 e. The molecule has 0 aliphatic heterocycles. The van der Waals surface area contributed by atoms with Crippen molar-refractivity contribution in [2.75, 3.05) is 13.6 Å². The van der Waals surface area contributed by atoms with Crippen LogP contribution < -0.4 is 10.6 Å². The molecule has 2 rings (SSSR count). The second-order valence-electron chi connectivity index (χ2n) is 4.56. The molecule has 0 unspecified atom stereocenters. The standard InChI is InChI=1S/C15H20N4O/c1-16-9-4-8-15(20)17-12-13-6-2-3-7-14(13)19-11-5-10-18-19/h2-3,5-7,10-11,16H,4,8-9,12H2,1H3,(H,17,20). The minimum absolute atomic E-state index is 0.0792. The van der Waals surface area contributed by atoms with Gasteiger partial charge in [0.25, 0.3) is 0 Å². The molecule has 0 radical (unpaired) electrons. The predicted octanol–water partition coefficient (Wildman–Crippen LogP) is 1.49. The second-order valence-corrected chi connectivity index (χ2v) is 4.56. The molecule has 5 nitrogen and oxygen atoms in total. The fraction of sp³-hybridized carbons (Fsp3) is 0.333. The van der Waals surface area contributed by atoms with E-state index in [0.29, 0.717) is 13.0 Å². The van der Waals surface area contributed by atoms with Gasteiger partial charge < -0.3 is 10.6 Å². The predicted molar refractivity (Wildman–Crippen MR) is 78.6 cm³/mol. The minimum atomic E-state index is 0.0792. The number of para-hydroxylation sites is 1. The van der Waals surface area contributed by atoms with Gasteiger partial charge in [0.15, 0.2) is 0 Å². The number of benzene rings is 1. The van der Waals surface area contributed by atoms with E-state index >= 15 is 0 Å². The molecular weight excluding hydrogens is 252 g/mol. The summed E-state index contributed by atoms with van der Waals surface area (Å²) in [4.78, 5) is 11.7. The van der Waals surface area contributed by atoms with Crippen LogP contribution in [0.5, 0.6) is 0 Å². The maximum Gasteiger partial charge on any atom is 0.220 e. The second kappa shape index (κ2) is 7.45. The molecule has 0 aliphatic rings. The molecule has 5 heteroatoms. The molecule has 0 bridgehead atoms. The van der Waals surface area contributed by atoms with Crippen molar-refractivity contribution in [3.63, 3.8) is 0 Å². The topological polar surface area (TPSA) is 59.0 Å². The summed E-state index contributed by atoms with van der Waals surface area (Å²) in [5.74, 6) is 0.0792. The summed E-state index contributed by atoms with van der Waals surface area (Å²) in [6.07, 6.45) is 5.04.